The Labute approximate surface area is 111 Å². The molecular weight excluding hydrogens is 260 g/mol. The van der Waals surface area contributed by atoms with Crippen LogP contribution < -0.4 is 9.47 Å². The van der Waals surface area contributed by atoms with Gasteiger partial charge in [0.1, 0.15) is 17.8 Å². The molecule has 0 aliphatic heterocycles. The quantitative estimate of drug-likeness (QED) is 0.536. The Morgan fingerprint density at radius 3 is 2.44 bits per heavy atom. The van der Waals surface area contributed by atoms with Crippen LogP contribution in [0.4, 0.5) is 0 Å². The van der Waals surface area contributed by atoms with E-state index in [1.54, 1.807) is 12.1 Å². The van der Waals surface area contributed by atoms with Crippen LogP contribution in [0.1, 0.15) is 5.56 Å². The zero-order valence-electron chi connectivity index (χ0n) is 10.3. The van der Waals surface area contributed by atoms with E-state index in [4.69, 9.17) is 30.5 Å². The van der Waals surface area contributed by atoms with Crippen molar-refractivity contribution >= 4 is 17.9 Å². The lowest BCUT2D eigenvalue weighted by molar-refractivity contribution is -0.107. The van der Waals surface area contributed by atoms with Crippen molar-refractivity contribution in [3.05, 3.63) is 22.7 Å². The first-order valence-corrected chi connectivity index (χ1v) is 5.60. The summed E-state index contributed by atoms with van der Waals surface area (Å²) in [6.45, 7) is 0.122. The van der Waals surface area contributed by atoms with Gasteiger partial charge in [-0.3, -0.25) is 0 Å². The van der Waals surface area contributed by atoms with Gasteiger partial charge in [0.25, 0.3) is 0 Å². The van der Waals surface area contributed by atoms with E-state index in [2.05, 4.69) is 0 Å². The van der Waals surface area contributed by atoms with E-state index in [0.717, 1.165) is 6.29 Å². The van der Waals surface area contributed by atoms with Gasteiger partial charge in [0.15, 0.2) is 13.6 Å². The summed E-state index contributed by atoms with van der Waals surface area (Å²) in [4.78, 5) is 10.7. The Bertz CT molecular complexity index is 394. The lowest BCUT2D eigenvalue weighted by atomic mass is 10.1. The average molecular weight is 275 g/mol. The molecule has 0 heterocycles. The van der Waals surface area contributed by atoms with Gasteiger partial charge in [-0.2, -0.15) is 0 Å². The van der Waals surface area contributed by atoms with Gasteiger partial charge in [-0.1, -0.05) is 11.6 Å². The summed E-state index contributed by atoms with van der Waals surface area (Å²) < 4.78 is 20.4. The molecule has 0 saturated carbocycles. The molecule has 18 heavy (non-hydrogen) atoms. The minimum absolute atomic E-state index is 0.0410. The molecule has 100 valence electrons. The lowest BCUT2D eigenvalue weighted by Gasteiger charge is -2.15. The molecule has 5 nitrogen and oxygen atoms in total. The molecule has 0 unspecified atom stereocenters. The molecule has 0 aliphatic rings. The van der Waals surface area contributed by atoms with Gasteiger partial charge in [-0.15, -0.1) is 0 Å². The fourth-order valence-corrected chi connectivity index (χ4v) is 1.62. The maximum Gasteiger partial charge on any atom is 0.188 e. The number of rotatable bonds is 8. The highest BCUT2D eigenvalue weighted by Crippen LogP contribution is 2.35. The maximum absolute atomic E-state index is 10.7. The minimum atomic E-state index is 0.0410. The highest BCUT2D eigenvalue weighted by molar-refractivity contribution is 6.32. The van der Waals surface area contributed by atoms with E-state index in [1.807, 2.05) is 0 Å². The van der Waals surface area contributed by atoms with Gasteiger partial charge >= 0.3 is 0 Å². The molecule has 0 aliphatic carbocycles. The molecule has 0 N–H and O–H groups in total. The minimum Gasteiger partial charge on any atom is -0.467 e. The van der Waals surface area contributed by atoms with Crippen LogP contribution in [0, 0.1) is 0 Å². The first kappa shape index (κ1) is 14.8. The number of halogens is 1. The van der Waals surface area contributed by atoms with E-state index in [-0.39, 0.29) is 20.0 Å². The molecule has 0 fully saturated rings. The molecule has 1 aromatic carbocycles. The SMILES string of the molecule is COCOc1ccc(Cl)c(OCOC)c1CC=O. The first-order chi connectivity index (χ1) is 8.74. The molecule has 1 aromatic rings. The first-order valence-electron chi connectivity index (χ1n) is 5.23. The summed E-state index contributed by atoms with van der Waals surface area (Å²) in [5.74, 6) is 0.888. The van der Waals surface area contributed by atoms with Crippen molar-refractivity contribution in [1.29, 1.82) is 0 Å². The summed E-state index contributed by atoms with van der Waals surface area (Å²) in [5.41, 5.74) is 0.576. The van der Waals surface area contributed by atoms with Crippen LogP contribution in [0.5, 0.6) is 11.5 Å². The third-order valence-corrected chi connectivity index (χ3v) is 2.41. The van der Waals surface area contributed by atoms with Crippen LogP contribution in [0.2, 0.25) is 5.02 Å². The zero-order chi connectivity index (χ0) is 13.4. The van der Waals surface area contributed by atoms with Crippen molar-refractivity contribution in [2.45, 2.75) is 6.42 Å². The summed E-state index contributed by atoms with van der Waals surface area (Å²) in [5, 5.41) is 0.397. The Kier molecular flexibility index (Phi) is 6.49. The zero-order valence-corrected chi connectivity index (χ0v) is 11.0. The maximum atomic E-state index is 10.7. The van der Waals surface area contributed by atoms with E-state index in [1.165, 1.54) is 14.2 Å². The lowest BCUT2D eigenvalue weighted by Crippen LogP contribution is -2.07. The smallest absolute Gasteiger partial charge is 0.188 e. The van der Waals surface area contributed by atoms with E-state index >= 15 is 0 Å². The largest absolute Gasteiger partial charge is 0.467 e. The molecule has 0 atom stereocenters. The number of benzene rings is 1. The second-order valence-corrected chi connectivity index (χ2v) is 3.73. The summed E-state index contributed by atoms with van der Waals surface area (Å²) in [6, 6.07) is 3.30. The van der Waals surface area contributed by atoms with Gasteiger partial charge in [0, 0.05) is 26.2 Å². The number of carbonyl (C=O) groups is 1. The van der Waals surface area contributed by atoms with Gasteiger partial charge in [0.2, 0.25) is 0 Å². The average Bonchev–Trinajstić information content (AvgIpc) is 2.37. The molecule has 0 bridgehead atoms. The molecular formula is C12H15ClO5. The molecule has 0 aromatic heterocycles. The summed E-state index contributed by atoms with van der Waals surface area (Å²) in [6.07, 6.45) is 0.893. The number of hydrogen-bond donors (Lipinski definition) is 0. The molecule has 0 amide bonds. The summed E-state index contributed by atoms with van der Waals surface area (Å²) >= 11 is 6.02. The number of carbonyl (C=O) groups excluding carboxylic acids is 1. The molecule has 0 saturated heterocycles. The van der Waals surface area contributed by atoms with Crippen LogP contribution in [0.3, 0.4) is 0 Å². The highest BCUT2D eigenvalue weighted by atomic mass is 35.5. The van der Waals surface area contributed by atoms with Crippen molar-refractivity contribution in [3.8, 4) is 11.5 Å². The highest BCUT2D eigenvalue weighted by Gasteiger charge is 2.15. The Morgan fingerprint density at radius 1 is 1.17 bits per heavy atom. The number of aldehydes is 1. The molecule has 1 rings (SSSR count). The Balaban J connectivity index is 3.05. The van der Waals surface area contributed by atoms with Crippen LogP contribution in [-0.4, -0.2) is 34.1 Å². The number of ether oxygens (including phenoxy) is 4. The standard InChI is InChI=1S/C12H15ClO5/c1-15-7-17-11-4-3-10(13)12(18-8-16-2)9(11)5-6-14/h3-4,6H,5,7-8H2,1-2H3. The van der Waals surface area contributed by atoms with E-state index in [9.17, 15) is 4.79 Å². The Morgan fingerprint density at radius 2 is 1.83 bits per heavy atom. The van der Waals surface area contributed by atoms with Crippen molar-refractivity contribution in [2.75, 3.05) is 27.8 Å². The Hall–Kier alpha value is -1.30. The van der Waals surface area contributed by atoms with Crippen LogP contribution in [-0.2, 0) is 20.7 Å². The number of methoxy groups -OCH3 is 2. The molecule has 0 radical (unpaired) electrons. The third kappa shape index (κ3) is 3.87. The van der Waals surface area contributed by atoms with Crippen molar-refractivity contribution < 1.29 is 23.7 Å². The molecule has 6 heteroatoms. The monoisotopic (exact) mass is 274 g/mol. The normalized spacial score (nSPS) is 10.2. The second-order valence-electron chi connectivity index (χ2n) is 3.33. The van der Waals surface area contributed by atoms with Crippen LogP contribution in [0.15, 0.2) is 12.1 Å². The van der Waals surface area contributed by atoms with Gasteiger partial charge < -0.3 is 23.7 Å². The fraction of sp³-hybridized carbons (Fsp3) is 0.417. The number of hydrogen-bond acceptors (Lipinski definition) is 5. The van der Waals surface area contributed by atoms with Gasteiger partial charge in [-0.25, -0.2) is 0 Å². The van der Waals surface area contributed by atoms with Crippen LogP contribution >= 0.6 is 11.6 Å². The van der Waals surface area contributed by atoms with Crippen LogP contribution in [0.25, 0.3) is 0 Å². The fourth-order valence-electron chi connectivity index (χ4n) is 1.39. The molecule has 0 spiro atoms. The van der Waals surface area contributed by atoms with Gasteiger partial charge in [0.05, 0.1) is 5.02 Å². The van der Waals surface area contributed by atoms with E-state index in [0.29, 0.717) is 22.1 Å². The second kappa shape index (κ2) is 7.92. The topological polar surface area (TPSA) is 54.0 Å². The van der Waals surface area contributed by atoms with Crippen molar-refractivity contribution in [1.82, 2.24) is 0 Å². The van der Waals surface area contributed by atoms with E-state index < -0.39 is 0 Å². The summed E-state index contributed by atoms with van der Waals surface area (Å²) in [7, 11) is 3.01. The van der Waals surface area contributed by atoms with Gasteiger partial charge in [-0.05, 0) is 12.1 Å². The van der Waals surface area contributed by atoms with Crippen molar-refractivity contribution in [2.24, 2.45) is 0 Å². The van der Waals surface area contributed by atoms with Crippen molar-refractivity contribution in [3.63, 3.8) is 0 Å². The predicted octanol–water partition coefficient (Wildman–Crippen LogP) is 2.05. The third-order valence-electron chi connectivity index (χ3n) is 2.11. The predicted molar refractivity (Wildman–Crippen MR) is 66.2 cm³/mol.